The molecule has 3 rings (SSSR count). The summed E-state index contributed by atoms with van der Waals surface area (Å²) < 4.78 is 18.7. The molecule has 1 aromatic heterocycles. The fraction of sp³-hybridized carbons (Fsp3) is 0.480. The normalized spacial score (nSPS) is 14.8. The molecule has 0 radical (unpaired) electrons. The number of hydrogen-bond acceptors (Lipinski definition) is 4. The van der Waals surface area contributed by atoms with Gasteiger partial charge in [0.05, 0.1) is 12.8 Å². The largest absolute Gasteiger partial charge is 0.459 e. The summed E-state index contributed by atoms with van der Waals surface area (Å²) in [6.45, 7) is 4.11. The molecule has 1 unspecified atom stereocenters. The quantitative estimate of drug-likeness (QED) is 0.567. The van der Waals surface area contributed by atoms with E-state index in [0.29, 0.717) is 24.4 Å². The van der Waals surface area contributed by atoms with Crippen LogP contribution in [0.25, 0.3) is 0 Å². The van der Waals surface area contributed by atoms with Crippen molar-refractivity contribution in [1.29, 1.82) is 0 Å². The van der Waals surface area contributed by atoms with E-state index in [1.807, 2.05) is 13.8 Å². The molecule has 0 aliphatic heterocycles. The van der Waals surface area contributed by atoms with E-state index in [9.17, 15) is 18.8 Å². The van der Waals surface area contributed by atoms with E-state index in [0.717, 1.165) is 25.7 Å². The van der Waals surface area contributed by atoms with Crippen molar-refractivity contribution in [3.05, 3.63) is 59.8 Å². The lowest BCUT2D eigenvalue weighted by molar-refractivity contribution is -0.140. The maximum Gasteiger partial charge on any atom is 0.287 e. The Morgan fingerprint density at radius 3 is 2.42 bits per heavy atom. The Balaban J connectivity index is 1.83. The molecule has 1 fully saturated rings. The van der Waals surface area contributed by atoms with E-state index >= 15 is 0 Å². The first-order valence-electron chi connectivity index (χ1n) is 11.5. The number of carbonyl (C=O) groups is 3. The van der Waals surface area contributed by atoms with Gasteiger partial charge in [0, 0.05) is 12.6 Å². The van der Waals surface area contributed by atoms with Crippen LogP contribution in [0.5, 0.6) is 0 Å². The van der Waals surface area contributed by atoms with Gasteiger partial charge in [-0.25, -0.2) is 4.39 Å². The predicted molar refractivity (Wildman–Crippen MR) is 122 cm³/mol. The fourth-order valence-electron chi connectivity index (χ4n) is 4.02. The third-order valence-corrected chi connectivity index (χ3v) is 5.86. The minimum Gasteiger partial charge on any atom is -0.459 e. The van der Waals surface area contributed by atoms with Gasteiger partial charge in [0.1, 0.15) is 11.9 Å². The summed E-state index contributed by atoms with van der Waals surface area (Å²) in [7, 11) is 0. The van der Waals surface area contributed by atoms with E-state index in [-0.39, 0.29) is 24.3 Å². The lowest BCUT2D eigenvalue weighted by atomic mass is 10.0. The van der Waals surface area contributed by atoms with Crippen molar-refractivity contribution in [1.82, 2.24) is 15.5 Å². The van der Waals surface area contributed by atoms with Gasteiger partial charge in [0.15, 0.2) is 5.76 Å². The van der Waals surface area contributed by atoms with E-state index in [1.54, 1.807) is 6.07 Å². The molecule has 0 spiro atoms. The fourth-order valence-corrected chi connectivity index (χ4v) is 4.02. The molecule has 3 amide bonds. The molecular weight excluding hydrogens is 425 g/mol. The Morgan fingerprint density at radius 1 is 1.12 bits per heavy atom. The van der Waals surface area contributed by atoms with E-state index < -0.39 is 23.7 Å². The SMILES string of the molecule is CC(C)CCN(C(=O)CNC(=O)c1ccco1)C(C(=O)NC1CCCC1)c1ccc(F)cc1. The van der Waals surface area contributed by atoms with Crippen molar-refractivity contribution in [3.8, 4) is 0 Å². The summed E-state index contributed by atoms with van der Waals surface area (Å²) in [5.41, 5.74) is 0.529. The molecule has 0 saturated heterocycles. The van der Waals surface area contributed by atoms with E-state index in [1.165, 1.54) is 41.5 Å². The van der Waals surface area contributed by atoms with Crippen molar-refractivity contribution in [3.63, 3.8) is 0 Å². The molecule has 2 N–H and O–H groups in total. The number of nitrogens with one attached hydrogen (secondary N) is 2. The Labute approximate surface area is 193 Å². The lowest BCUT2D eigenvalue weighted by Crippen LogP contribution is -2.49. The van der Waals surface area contributed by atoms with Crippen LogP contribution in [0, 0.1) is 11.7 Å². The first-order valence-corrected chi connectivity index (χ1v) is 11.5. The number of hydrogen-bond donors (Lipinski definition) is 2. The number of halogens is 1. The highest BCUT2D eigenvalue weighted by Gasteiger charge is 2.33. The van der Waals surface area contributed by atoms with Crippen LogP contribution >= 0.6 is 0 Å². The summed E-state index contributed by atoms with van der Waals surface area (Å²) in [6, 6.07) is 7.88. The standard InChI is InChI=1S/C25H32FN3O4/c1-17(2)13-14-29(22(30)16-27-24(31)21-8-5-15-33-21)23(18-9-11-19(26)12-10-18)25(32)28-20-6-3-4-7-20/h5,8-12,15,17,20,23H,3-4,6-7,13-14,16H2,1-2H3,(H,27,31)(H,28,32). The van der Waals surface area contributed by atoms with Crippen LogP contribution in [0.1, 0.15) is 68.1 Å². The molecule has 7 nitrogen and oxygen atoms in total. The van der Waals surface area contributed by atoms with Gasteiger partial charge >= 0.3 is 0 Å². The number of rotatable bonds is 10. The molecule has 1 atom stereocenters. The predicted octanol–water partition coefficient (Wildman–Crippen LogP) is 3.82. The van der Waals surface area contributed by atoms with Crippen LogP contribution < -0.4 is 10.6 Å². The second-order valence-corrected chi connectivity index (χ2v) is 8.87. The van der Waals surface area contributed by atoms with Gasteiger partial charge in [-0.15, -0.1) is 0 Å². The molecule has 2 aromatic rings. The first-order chi connectivity index (χ1) is 15.8. The van der Waals surface area contributed by atoms with Gasteiger partial charge in [0.2, 0.25) is 11.8 Å². The number of furan rings is 1. The molecule has 1 saturated carbocycles. The molecule has 0 bridgehead atoms. The summed E-state index contributed by atoms with van der Waals surface area (Å²) in [4.78, 5) is 40.4. The van der Waals surface area contributed by atoms with Gasteiger partial charge < -0.3 is 20.0 Å². The average Bonchev–Trinajstić information content (AvgIpc) is 3.50. The zero-order valence-electron chi connectivity index (χ0n) is 19.2. The van der Waals surface area contributed by atoms with Crippen molar-refractivity contribution >= 4 is 17.7 Å². The lowest BCUT2D eigenvalue weighted by Gasteiger charge is -2.33. The van der Waals surface area contributed by atoms with Crippen molar-refractivity contribution in [2.24, 2.45) is 5.92 Å². The van der Waals surface area contributed by atoms with Gasteiger partial charge in [-0.3, -0.25) is 14.4 Å². The second-order valence-electron chi connectivity index (χ2n) is 8.87. The van der Waals surface area contributed by atoms with Crippen molar-refractivity contribution in [2.75, 3.05) is 13.1 Å². The summed E-state index contributed by atoms with van der Waals surface area (Å²) >= 11 is 0. The molecule has 178 valence electrons. The summed E-state index contributed by atoms with van der Waals surface area (Å²) in [5, 5.41) is 5.64. The molecular formula is C25H32FN3O4. The monoisotopic (exact) mass is 457 g/mol. The molecule has 1 aromatic carbocycles. The van der Waals surface area contributed by atoms with Crippen LogP contribution in [0.2, 0.25) is 0 Å². The highest BCUT2D eigenvalue weighted by molar-refractivity contribution is 5.95. The maximum atomic E-state index is 13.6. The third kappa shape index (κ3) is 6.91. The minimum atomic E-state index is -0.919. The van der Waals surface area contributed by atoms with Crippen LogP contribution in [-0.2, 0) is 9.59 Å². The Morgan fingerprint density at radius 2 is 1.82 bits per heavy atom. The Bertz CT molecular complexity index is 922. The molecule has 33 heavy (non-hydrogen) atoms. The highest BCUT2D eigenvalue weighted by Crippen LogP contribution is 2.25. The summed E-state index contributed by atoms with van der Waals surface area (Å²) in [6.07, 6.45) is 5.97. The van der Waals surface area contributed by atoms with Crippen LogP contribution in [0.4, 0.5) is 4.39 Å². The smallest absolute Gasteiger partial charge is 0.287 e. The Kier molecular flexibility index (Phi) is 8.63. The molecule has 1 aliphatic rings. The van der Waals surface area contributed by atoms with Crippen LogP contribution in [0.15, 0.2) is 47.1 Å². The maximum absolute atomic E-state index is 13.6. The number of nitrogens with zero attached hydrogens (tertiary/aromatic N) is 1. The zero-order chi connectivity index (χ0) is 23.8. The average molecular weight is 458 g/mol. The summed E-state index contributed by atoms with van der Waals surface area (Å²) in [5.74, 6) is -1.21. The topological polar surface area (TPSA) is 91.7 Å². The first kappa shape index (κ1) is 24.5. The number of amides is 3. The van der Waals surface area contributed by atoms with Gasteiger partial charge in [-0.05, 0) is 55.0 Å². The molecule has 1 heterocycles. The number of benzene rings is 1. The van der Waals surface area contributed by atoms with Gasteiger partial charge in [0.25, 0.3) is 5.91 Å². The zero-order valence-corrected chi connectivity index (χ0v) is 19.2. The minimum absolute atomic E-state index is 0.0705. The van der Waals surface area contributed by atoms with Gasteiger partial charge in [-0.1, -0.05) is 38.8 Å². The van der Waals surface area contributed by atoms with Crippen molar-refractivity contribution < 1.29 is 23.2 Å². The van der Waals surface area contributed by atoms with Crippen LogP contribution in [0.3, 0.4) is 0 Å². The van der Waals surface area contributed by atoms with E-state index in [2.05, 4.69) is 10.6 Å². The molecule has 1 aliphatic carbocycles. The second kappa shape index (κ2) is 11.6. The van der Waals surface area contributed by atoms with Crippen LogP contribution in [-0.4, -0.2) is 41.8 Å². The highest BCUT2D eigenvalue weighted by atomic mass is 19.1. The Hall–Kier alpha value is -3.16. The number of carbonyl (C=O) groups excluding carboxylic acids is 3. The van der Waals surface area contributed by atoms with Gasteiger partial charge in [-0.2, -0.15) is 0 Å². The van der Waals surface area contributed by atoms with Crippen molar-refractivity contribution in [2.45, 2.75) is 58.0 Å². The van der Waals surface area contributed by atoms with E-state index in [4.69, 9.17) is 4.42 Å². The molecule has 8 heteroatoms. The third-order valence-electron chi connectivity index (χ3n) is 5.86.